The molecule has 8 rings (SSSR count). The van der Waals surface area contributed by atoms with Crippen LogP contribution in [-0.4, -0.2) is 71.4 Å². The Kier molecular flexibility index (Phi) is 6.67. The van der Waals surface area contributed by atoms with Crippen molar-refractivity contribution in [3.63, 3.8) is 0 Å². The Bertz CT molecular complexity index is 2010. The van der Waals surface area contributed by atoms with Crippen LogP contribution in [0.5, 0.6) is 6.01 Å². The van der Waals surface area contributed by atoms with Crippen molar-refractivity contribution in [3.05, 3.63) is 65.0 Å². The van der Waals surface area contributed by atoms with Gasteiger partial charge in [0.15, 0.2) is 5.82 Å². The van der Waals surface area contributed by atoms with Crippen molar-refractivity contribution in [2.24, 2.45) is 0 Å². The van der Waals surface area contributed by atoms with Crippen molar-refractivity contribution in [2.45, 2.75) is 50.0 Å². The number of aromatic nitrogens is 2. The predicted octanol–water partition coefficient (Wildman–Crippen LogP) is 5.49. The number of nitrogens with two attached hydrogens (primary N) is 1. The molecule has 3 saturated heterocycles. The molecule has 0 aliphatic carbocycles. The van der Waals surface area contributed by atoms with Crippen molar-refractivity contribution in [3.8, 4) is 29.5 Å². The number of terminal acetylenes is 1. The number of nitrogens with one attached hydrogen (secondary N) is 1. The van der Waals surface area contributed by atoms with Crippen LogP contribution in [0.4, 0.5) is 29.1 Å². The Labute approximate surface area is 263 Å². The van der Waals surface area contributed by atoms with Crippen LogP contribution in [-0.2, 0) is 0 Å². The maximum atomic E-state index is 16.9. The molecule has 2 unspecified atom stereocenters. The van der Waals surface area contributed by atoms with Gasteiger partial charge in [0.1, 0.15) is 35.7 Å². The minimum absolute atomic E-state index is 0.0162. The molecule has 3 N–H and O–H groups in total. The molecule has 1 aromatic heterocycles. The Morgan fingerprint density at radius 3 is 2.78 bits per heavy atom. The van der Waals surface area contributed by atoms with E-state index in [9.17, 15) is 8.78 Å². The highest BCUT2D eigenvalue weighted by atomic mass is 19.1. The predicted molar refractivity (Wildman–Crippen MR) is 170 cm³/mol. The molecule has 0 radical (unpaired) electrons. The number of piperazine rings is 1. The number of hydrogen-bond acceptors (Lipinski definition) is 7. The summed E-state index contributed by atoms with van der Waals surface area (Å²) in [5.41, 5.74) is 6.40. The maximum Gasteiger partial charge on any atom is 0.319 e. The minimum atomic E-state index is -0.972. The molecule has 236 valence electrons. The van der Waals surface area contributed by atoms with Crippen LogP contribution in [0.3, 0.4) is 0 Å². The average Bonchev–Trinajstić information content (AvgIpc) is 3.63. The van der Waals surface area contributed by atoms with Crippen molar-refractivity contribution in [1.29, 1.82) is 0 Å². The standard InChI is InChI=1S/C35H32F4N6O/c1-3-23-26(37)6-5-19-10-21(40)11-24(29(19)23)30-27(38)12-25-32(31(30)39)42-34(46-17-35-7-4-8-45(35)14-20(36)13-35)43-33(25)44-15-22-9-18(2)28(16-44)41-22/h1,5-6,9-12,20,22,28,41H,4,7-8,13-17,40H2,2H3/t20-,22?,28?,35+/m1/s1. The fourth-order valence-electron chi connectivity index (χ4n) is 8.04. The molecule has 11 heteroatoms. The van der Waals surface area contributed by atoms with Crippen molar-refractivity contribution < 1.29 is 22.3 Å². The van der Waals surface area contributed by atoms with E-state index in [-0.39, 0.29) is 57.8 Å². The molecule has 0 spiro atoms. The van der Waals surface area contributed by atoms with E-state index < -0.39 is 34.7 Å². The summed E-state index contributed by atoms with van der Waals surface area (Å²) >= 11 is 0. The number of nitrogen functional groups attached to an aromatic ring is 1. The Balaban J connectivity index is 1.30. The van der Waals surface area contributed by atoms with Crippen LogP contribution in [0.15, 0.2) is 42.0 Å². The lowest BCUT2D eigenvalue weighted by Crippen LogP contribution is -2.52. The Morgan fingerprint density at radius 2 is 1.98 bits per heavy atom. The molecule has 0 amide bonds. The highest BCUT2D eigenvalue weighted by Gasteiger charge is 2.49. The van der Waals surface area contributed by atoms with E-state index in [1.807, 2.05) is 4.90 Å². The lowest BCUT2D eigenvalue weighted by atomic mass is 9.92. The fraction of sp³-hybridized carbons (Fsp3) is 0.371. The number of halogens is 4. The van der Waals surface area contributed by atoms with Gasteiger partial charge in [-0.3, -0.25) is 4.90 Å². The van der Waals surface area contributed by atoms with Crippen LogP contribution >= 0.6 is 0 Å². The van der Waals surface area contributed by atoms with E-state index in [2.05, 4.69) is 34.1 Å². The van der Waals surface area contributed by atoms with Gasteiger partial charge in [-0.25, -0.2) is 17.6 Å². The third-order valence-electron chi connectivity index (χ3n) is 10.1. The van der Waals surface area contributed by atoms with E-state index >= 15 is 8.78 Å². The van der Waals surface area contributed by atoms with Gasteiger partial charge in [-0.05, 0) is 61.5 Å². The molecule has 4 atom stereocenters. The highest BCUT2D eigenvalue weighted by molar-refractivity contribution is 6.05. The molecule has 3 fully saturated rings. The lowest BCUT2D eigenvalue weighted by Gasteiger charge is -2.35. The molecular formula is C35H32F4N6O. The van der Waals surface area contributed by atoms with Gasteiger partial charge < -0.3 is 20.7 Å². The number of alkyl halides is 1. The Hall–Kier alpha value is -4.40. The van der Waals surface area contributed by atoms with Crippen LogP contribution in [0.2, 0.25) is 0 Å². The summed E-state index contributed by atoms with van der Waals surface area (Å²) in [5.74, 6) is 0.116. The zero-order valence-electron chi connectivity index (χ0n) is 25.2. The highest BCUT2D eigenvalue weighted by Crippen LogP contribution is 2.43. The topological polar surface area (TPSA) is 79.5 Å². The second-order valence-electron chi connectivity index (χ2n) is 13.0. The number of anilines is 2. The fourth-order valence-corrected chi connectivity index (χ4v) is 8.04. The molecule has 4 aliphatic heterocycles. The quantitative estimate of drug-likeness (QED) is 0.131. The third kappa shape index (κ3) is 4.49. The normalized spacial score (nSPS) is 25.7. The van der Waals surface area contributed by atoms with Crippen LogP contribution < -0.4 is 20.7 Å². The zero-order chi connectivity index (χ0) is 31.9. The maximum absolute atomic E-state index is 16.9. The molecule has 7 nitrogen and oxygen atoms in total. The summed E-state index contributed by atoms with van der Waals surface area (Å²) in [7, 11) is 0. The van der Waals surface area contributed by atoms with E-state index in [0.717, 1.165) is 19.4 Å². The van der Waals surface area contributed by atoms with Crippen molar-refractivity contribution >= 4 is 33.2 Å². The number of fused-ring (bicyclic) bond motifs is 5. The van der Waals surface area contributed by atoms with Crippen LogP contribution in [0.1, 0.15) is 31.7 Å². The molecule has 4 aromatic rings. The summed E-state index contributed by atoms with van der Waals surface area (Å²) in [4.78, 5) is 13.3. The minimum Gasteiger partial charge on any atom is -0.461 e. The first kappa shape index (κ1) is 29.0. The van der Waals surface area contributed by atoms with Gasteiger partial charge >= 0.3 is 6.01 Å². The number of rotatable bonds is 5. The number of ether oxygens (including phenoxy) is 1. The zero-order valence-corrected chi connectivity index (χ0v) is 25.2. The number of nitrogens with zero attached hydrogens (tertiary/aromatic N) is 4. The van der Waals surface area contributed by atoms with Crippen molar-refractivity contribution in [1.82, 2.24) is 20.2 Å². The van der Waals surface area contributed by atoms with Crippen molar-refractivity contribution in [2.75, 3.05) is 43.4 Å². The van der Waals surface area contributed by atoms with E-state index in [1.54, 1.807) is 6.07 Å². The largest absolute Gasteiger partial charge is 0.461 e. The van der Waals surface area contributed by atoms with Gasteiger partial charge in [-0.2, -0.15) is 9.97 Å². The van der Waals surface area contributed by atoms with Gasteiger partial charge in [0.05, 0.1) is 16.7 Å². The molecule has 2 bridgehead atoms. The van der Waals surface area contributed by atoms with Gasteiger partial charge in [-0.1, -0.05) is 23.6 Å². The number of benzene rings is 3. The van der Waals surface area contributed by atoms with Gasteiger partial charge in [-0.15, -0.1) is 6.42 Å². The third-order valence-corrected chi connectivity index (χ3v) is 10.1. The molecular weight excluding hydrogens is 596 g/mol. The first-order chi connectivity index (χ1) is 22.1. The second kappa shape index (κ2) is 10.6. The Morgan fingerprint density at radius 1 is 1.13 bits per heavy atom. The van der Waals surface area contributed by atoms with E-state index in [0.29, 0.717) is 37.3 Å². The molecule has 46 heavy (non-hydrogen) atoms. The molecule has 5 heterocycles. The monoisotopic (exact) mass is 628 g/mol. The van der Waals surface area contributed by atoms with Crippen LogP contribution in [0.25, 0.3) is 32.8 Å². The first-order valence-electron chi connectivity index (χ1n) is 15.5. The molecule has 3 aromatic carbocycles. The smallest absolute Gasteiger partial charge is 0.319 e. The first-order valence-corrected chi connectivity index (χ1v) is 15.5. The van der Waals surface area contributed by atoms with Crippen LogP contribution in [0, 0.1) is 29.8 Å². The summed E-state index contributed by atoms with van der Waals surface area (Å²) in [6, 6.07) is 6.88. The average molecular weight is 629 g/mol. The summed E-state index contributed by atoms with van der Waals surface area (Å²) in [6.45, 7) is 4.39. The van der Waals surface area contributed by atoms with E-state index in [4.69, 9.17) is 21.9 Å². The molecule has 4 aliphatic rings. The summed E-state index contributed by atoms with van der Waals surface area (Å²) in [6.07, 6.45) is 8.93. The molecule has 0 saturated carbocycles. The van der Waals surface area contributed by atoms with E-state index in [1.165, 1.54) is 29.8 Å². The second-order valence-corrected chi connectivity index (χ2v) is 13.0. The van der Waals surface area contributed by atoms with Gasteiger partial charge in [0, 0.05) is 54.6 Å². The number of hydrogen-bond donors (Lipinski definition) is 2. The lowest BCUT2D eigenvalue weighted by molar-refractivity contribution is 0.107. The van der Waals surface area contributed by atoms with Gasteiger partial charge in [0.2, 0.25) is 0 Å². The van der Waals surface area contributed by atoms with Gasteiger partial charge in [0.25, 0.3) is 0 Å². The summed E-state index contributed by atoms with van der Waals surface area (Å²) < 4.78 is 68.7. The summed E-state index contributed by atoms with van der Waals surface area (Å²) in [5, 5.41) is 4.31. The SMILES string of the molecule is C#Cc1c(F)ccc2cc(N)cc(-c3c(F)cc4c(N5CC6C=C(C)C(C5)N6)nc(OC[C@@]56CCCN5C[C@H](F)C6)nc4c3F)c12.